The molecule has 1 aliphatic heterocycles. The second-order valence-electron chi connectivity index (χ2n) is 8.33. The van der Waals surface area contributed by atoms with Crippen LogP contribution in [0.3, 0.4) is 0 Å². The molecule has 0 amide bonds. The van der Waals surface area contributed by atoms with Crippen molar-refractivity contribution in [3.8, 4) is 11.3 Å². The maximum Gasteiger partial charge on any atom is 0.338 e. The van der Waals surface area contributed by atoms with Crippen LogP contribution in [0.15, 0.2) is 86.1 Å². The van der Waals surface area contributed by atoms with Crippen molar-refractivity contribution in [2.24, 2.45) is 4.99 Å². The standard InChI is InChI=1S/C27H20ClN3O6S/c1-3-36-26(33)23-15(2)29-27-30(24(23)16-7-5-4-6-8-16)25(32)22(38-27)14-18-10-12-21(37-18)19-11-9-17(28)13-20(19)31(34)35/h4-14,24H,3H2,1-2H3/b22-14-. The molecule has 0 saturated heterocycles. The molecule has 1 aliphatic rings. The van der Waals surface area contributed by atoms with Crippen LogP contribution >= 0.6 is 22.9 Å². The number of halogens is 1. The van der Waals surface area contributed by atoms with Gasteiger partial charge in [-0.15, -0.1) is 0 Å². The molecule has 9 nitrogen and oxygen atoms in total. The van der Waals surface area contributed by atoms with Crippen LogP contribution in [0.1, 0.15) is 31.2 Å². The van der Waals surface area contributed by atoms with Crippen molar-refractivity contribution in [1.29, 1.82) is 0 Å². The monoisotopic (exact) mass is 549 g/mol. The molecule has 192 valence electrons. The Morgan fingerprint density at radius 1 is 1.24 bits per heavy atom. The van der Waals surface area contributed by atoms with Crippen molar-refractivity contribution in [2.75, 3.05) is 6.61 Å². The summed E-state index contributed by atoms with van der Waals surface area (Å²) in [5.74, 6) is 0.0548. The second-order valence-corrected chi connectivity index (χ2v) is 9.78. The van der Waals surface area contributed by atoms with Gasteiger partial charge >= 0.3 is 5.97 Å². The van der Waals surface area contributed by atoms with Crippen molar-refractivity contribution < 1.29 is 18.9 Å². The third kappa shape index (κ3) is 4.59. The Bertz CT molecular complexity index is 1780. The quantitative estimate of drug-likeness (QED) is 0.197. The number of ether oxygens (including phenoxy) is 1. The first-order valence-electron chi connectivity index (χ1n) is 11.6. The fourth-order valence-corrected chi connectivity index (χ4v) is 5.50. The smallest absolute Gasteiger partial charge is 0.338 e. The van der Waals surface area contributed by atoms with E-state index < -0.39 is 16.9 Å². The lowest BCUT2D eigenvalue weighted by Gasteiger charge is -2.24. The van der Waals surface area contributed by atoms with Crippen molar-refractivity contribution in [1.82, 2.24) is 4.57 Å². The first-order chi connectivity index (χ1) is 18.3. The average molecular weight is 550 g/mol. The third-order valence-corrected chi connectivity index (χ3v) is 7.17. The van der Waals surface area contributed by atoms with Crippen LogP contribution < -0.4 is 14.9 Å². The van der Waals surface area contributed by atoms with Crippen LogP contribution in [0, 0.1) is 10.1 Å². The highest BCUT2D eigenvalue weighted by Crippen LogP contribution is 2.34. The highest BCUT2D eigenvalue weighted by atomic mass is 35.5. The number of hydrogen-bond donors (Lipinski definition) is 0. The van der Waals surface area contributed by atoms with E-state index in [0.29, 0.717) is 26.4 Å². The molecule has 2 aromatic heterocycles. The van der Waals surface area contributed by atoms with Crippen LogP contribution in [0.5, 0.6) is 0 Å². The molecule has 0 aliphatic carbocycles. The Kier molecular flexibility index (Phi) is 6.83. The van der Waals surface area contributed by atoms with Crippen molar-refractivity contribution >= 4 is 40.7 Å². The van der Waals surface area contributed by atoms with E-state index in [9.17, 15) is 19.7 Å². The molecular weight excluding hydrogens is 530 g/mol. The first kappa shape index (κ1) is 25.4. The first-order valence-corrected chi connectivity index (χ1v) is 12.8. The van der Waals surface area contributed by atoms with Crippen LogP contribution in [-0.2, 0) is 9.53 Å². The lowest BCUT2D eigenvalue weighted by molar-refractivity contribution is -0.384. The van der Waals surface area contributed by atoms with Gasteiger partial charge in [0, 0.05) is 17.2 Å². The molecule has 1 atom stereocenters. The topological polar surface area (TPSA) is 117 Å². The average Bonchev–Trinajstić information content (AvgIpc) is 3.48. The maximum atomic E-state index is 13.7. The fourth-order valence-electron chi connectivity index (χ4n) is 4.31. The second kappa shape index (κ2) is 10.2. The zero-order valence-corrected chi connectivity index (χ0v) is 21.8. The summed E-state index contributed by atoms with van der Waals surface area (Å²) in [6.07, 6.45) is 1.56. The predicted molar refractivity (Wildman–Crippen MR) is 143 cm³/mol. The summed E-state index contributed by atoms with van der Waals surface area (Å²) >= 11 is 7.08. The molecule has 5 rings (SSSR count). The summed E-state index contributed by atoms with van der Waals surface area (Å²) in [6.45, 7) is 3.63. The molecule has 0 saturated carbocycles. The van der Waals surface area contributed by atoms with Gasteiger partial charge in [0.1, 0.15) is 11.5 Å². The number of furan rings is 1. The van der Waals surface area contributed by atoms with E-state index in [1.807, 2.05) is 30.3 Å². The maximum absolute atomic E-state index is 13.7. The normalized spacial score (nSPS) is 15.2. The SMILES string of the molecule is CCOC(=O)C1=C(C)N=c2s/c(=C\c3ccc(-c4ccc(Cl)cc4[N+](=O)[O-])o3)c(=O)n2C1c1ccccc1. The molecule has 3 heterocycles. The van der Waals surface area contributed by atoms with E-state index in [4.69, 9.17) is 20.8 Å². The number of hydrogen-bond acceptors (Lipinski definition) is 8. The minimum absolute atomic E-state index is 0.189. The molecule has 0 bridgehead atoms. The number of carbonyl (C=O) groups excluding carboxylic acids is 1. The summed E-state index contributed by atoms with van der Waals surface area (Å²) in [5, 5.41) is 11.7. The van der Waals surface area contributed by atoms with Crippen LogP contribution in [0.2, 0.25) is 5.02 Å². The summed E-state index contributed by atoms with van der Waals surface area (Å²) in [5.41, 5.74) is 1.23. The Hall–Kier alpha value is -4.28. The lowest BCUT2D eigenvalue weighted by atomic mass is 9.96. The lowest BCUT2D eigenvalue weighted by Crippen LogP contribution is -2.39. The van der Waals surface area contributed by atoms with E-state index in [2.05, 4.69) is 4.99 Å². The number of nitrogens with zero attached hydrogens (tertiary/aromatic N) is 3. The number of carbonyl (C=O) groups is 1. The van der Waals surface area contributed by atoms with Gasteiger partial charge in [-0.05, 0) is 43.7 Å². The van der Waals surface area contributed by atoms with Gasteiger partial charge in [0.25, 0.3) is 11.2 Å². The van der Waals surface area contributed by atoms with E-state index >= 15 is 0 Å². The van der Waals surface area contributed by atoms with Crippen LogP contribution in [0.25, 0.3) is 17.4 Å². The van der Waals surface area contributed by atoms with Gasteiger partial charge in [0.15, 0.2) is 4.80 Å². The van der Waals surface area contributed by atoms with Crippen LogP contribution in [-0.4, -0.2) is 22.1 Å². The Morgan fingerprint density at radius 3 is 2.71 bits per heavy atom. The largest absolute Gasteiger partial charge is 0.463 e. The summed E-state index contributed by atoms with van der Waals surface area (Å²) < 4.78 is 13.0. The van der Waals surface area contributed by atoms with Crippen molar-refractivity contribution in [2.45, 2.75) is 19.9 Å². The molecular formula is C27H20ClN3O6S. The van der Waals surface area contributed by atoms with E-state index in [1.165, 1.54) is 22.8 Å². The third-order valence-electron chi connectivity index (χ3n) is 5.95. The Balaban J connectivity index is 1.63. The number of esters is 1. The number of fused-ring (bicyclic) bond motifs is 1. The van der Waals surface area contributed by atoms with E-state index in [-0.39, 0.29) is 34.2 Å². The summed E-state index contributed by atoms with van der Waals surface area (Å²) in [7, 11) is 0. The molecule has 11 heteroatoms. The number of aromatic nitrogens is 1. The molecule has 38 heavy (non-hydrogen) atoms. The zero-order valence-electron chi connectivity index (χ0n) is 20.2. The predicted octanol–water partition coefficient (Wildman–Crippen LogP) is 4.62. The number of nitro groups is 1. The van der Waals surface area contributed by atoms with E-state index in [1.54, 1.807) is 32.1 Å². The Morgan fingerprint density at radius 2 is 2.00 bits per heavy atom. The molecule has 0 radical (unpaired) electrons. The van der Waals surface area contributed by atoms with Crippen molar-refractivity contribution in [3.05, 3.63) is 118 Å². The highest BCUT2D eigenvalue weighted by molar-refractivity contribution is 7.07. The van der Waals surface area contributed by atoms with Gasteiger partial charge in [-0.1, -0.05) is 53.3 Å². The van der Waals surface area contributed by atoms with Gasteiger partial charge in [-0.2, -0.15) is 0 Å². The van der Waals surface area contributed by atoms with Gasteiger partial charge in [0.2, 0.25) is 0 Å². The van der Waals surface area contributed by atoms with Gasteiger partial charge in [-0.25, -0.2) is 9.79 Å². The fraction of sp³-hybridized carbons (Fsp3) is 0.148. The Labute approximate surface area is 224 Å². The van der Waals surface area contributed by atoms with Gasteiger partial charge < -0.3 is 9.15 Å². The minimum atomic E-state index is -0.711. The van der Waals surface area contributed by atoms with E-state index in [0.717, 1.165) is 16.9 Å². The highest BCUT2D eigenvalue weighted by Gasteiger charge is 2.33. The molecule has 1 unspecified atom stereocenters. The number of allylic oxidation sites excluding steroid dienone is 1. The molecule has 0 N–H and O–H groups in total. The number of rotatable bonds is 6. The zero-order chi connectivity index (χ0) is 27.0. The van der Waals surface area contributed by atoms with Gasteiger partial charge in [-0.3, -0.25) is 19.5 Å². The minimum Gasteiger partial charge on any atom is -0.463 e. The van der Waals surface area contributed by atoms with Crippen LogP contribution in [0.4, 0.5) is 5.69 Å². The van der Waals surface area contributed by atoms with Gasteiger partial charge in [0.05, 0.1) is 38.9 Å². The molecule has 4 aromatic rings. The molecule has 0 spiro atoms. The summed E-state index contributed by atoms with van der Waals surface area (Å²) in [4.78, 5) is 42.5. The molecule has 2 aromatic carbocycles. The number of nitro benzene ring substituents is 1. The summed E-state index contributed by atoms with van der Waals surface area (Å²) in [6, 6.07) is 16.0. The number of benzene rings is 2. The molecule has 0 fully saturated rings. The van der Waals surface area contributed by atoms with Crippen molar-refractivity contribution in [3.63, 3.8) is 0 Å². The number of thiazole rings is 1.